The fourth-order valence-electron chi connectivity index (χ4n) is 10.9. The van der Waals surface area contributed by atoms with Gasteiger partial charge in [0.1, 0.15) is 42.2 Å². The number of esters is 2. The number of hydrogen-bond acceptors (Lipinski definition) is 17. The third-order valence-electron chi connectivity index (χ3n) is 16.2. The molecule has 0 radical (unpaired) electrons. The molecule has 2 saturated heterocycles. The number of methoxy groups -OCH3 is 3. The van der Waals surface area contributed by atoms with Gasteiger partial charge < -0.3 is 48.8 Å². The first-order valence-electron chi connectivity index (χ1n) is 26.6. The minimum Gasteiger partial charge on any atom is -0.459 e. The SMILES string of the molecule is CO[C@H]1CC2CC[C@@H](C)[C@@](O)(O2)C(=O)C(=O)[N+]2(O)CCCC[C@H]2C(=O)O[C@H]([C@H](C)C[C@@H]2CC[C@@H](OC(=O)C(C)(CO)CO)[C@H](OC)C2)CC(=O)[C@H](C)/C=C(\C)[C@@H](O)[C@@H](OC)C(=O)[C@H](C)C[C@H](C)/C=C/C=C/C=C/1C. The summed E-state index contributed by atoms with van der Waals surface area (Å²) in [5, 5.41) is 55.4. The number of ether oxygens (including phenoxy) is 6. The van der Waals surface area contributed by atoms with Crippen molar-refractivity contribution in [1.82, 2.24) is 0 Å². The molecule has 1 aliphatic carbocycles. The Morgan fingerprint density at radius 2 is 1.55 bits per heavy atom. The lowest BCUT2D eigenvalue weighted by molar-refractivity contribution is -1.05. The maximum Gasteiger partial charge on any atom is 0.420 e. The number of Topliss-reactive ketones (excluding diaryl/α,β-unsaturated/α-hetero) is 3. The van der Waals surface area contributed by atoms with E-state index in [1.54, 1.807) is 33.8 Å². The summed E-state index contributed by atoms with van der Waals surface area (Å²) in [6, 6.07) is -1.59. The van der Waals surface area contributed by atoms with Gasteiger partial charge in [-0.25, -0.2) is 14.8 Å². The zero-order chi connectivity index (χ0) is 55.3. The number of nitrogens with zero attached hydrogens (tertiary/aromatic N) is 1. The molecule has 16 atom stereocenters. The van der Waals surface area contributed by atoms with E-state index < -0.39 is 125 Å². The monoisotopic (exact) mass is 1050 g/mol. The van der Waals surface area contributed by atoms with E-state index in [1.807, 2.05) is 51.2 Å². The van der Waals surface area contributed by atoms with Gasteiger partial charge >= 0.3 is 23.6 Å². The lowest BCUT2D eigenvalue weighted by Crippen LogP contribution is -2.68. The fourth-order valence-corrected chi connectivity index (χ4v) is 10.9. The third-order valence-corrected chi connectivity index (χ3v) is 16.2. The van der Waals surface area contributed by atoms with Crippen LogP contribution >= 0.6 is 0 Å². The van der Waals surface area contributed by atoms with Gasteiger partial charge in [-0.2, -0.15) is 0 Å². The second kappa shape index (κ2) is 28.0. The van der Waals surface area contributed by atoms with E-state index in [1.165, 1.54) is 28.3 Å². The highest BCUT2D eigenvalue weighted by Crippen LogP contribution is 2.39. The predicted octanol–water partition coefficient (Wildman–Crippen LogP) is 5.63. The molecule has 0 aromatic heterocycles. The standard InChI is InChI=1S/C56H88NO17/c1-33-17-13-12-14-18-34(2)45(69-9)29-41-22-20-39(7)56(67,74-41)51(63)52(64)57(68)24-16-15-19-42(57)53(65)72-46(30-43(60)35(3)26-38(6)49(62)50(71-11)48(61)37(5)25-33)36(4)27-40-21-23-44(47(28-40)70-10)73-54(66)55(8,31-58)32-59/h12-14,17-18,26,33,35-37,39-42,44-47,49-50,58-59,62,67-68H,15-16,19-25,27-32H2,1-11H3/q+1/b14-12+,17-13+,34-18+,38-26+/t33-,35-,36-,37-,39-,40+,41?,42+,44-,45+,46+,47-,49-,50+,56-,57?/m1/s1. The van der Waals surface area contributed by atoms with E-state index in [9.17, 15) is 54.4 Å². The molecule has 4 aliphatic rings. The molecule has 2 unspecified atom stereocenters. The Kier molecular flexibility index (Phi) is 23.7. The summed E-state index contributed by atoms with van der Waals surface area (Å²) in [5.74, 6) is -10.7. The van der Waals surface area contributed by atoms with Gasteiger partial charge in [0.25, 0.3) is 0 Å². The van der Waals surface area contributed by atoms with Crippen molar-refractivity contribution in [2.75, 3.05) is 41.1 Å². The van der Waals surface area contributed by atoms with E-state index in [-0.39, 0.29) is 55.6 Å². The largest absolute Gasteiger partial charge is 0.459 e. The highest BCUT2D eigenvalue weighted by Gasteiger charge is 2.61. The summed E-state index contributed by atoms with van der Waals surface area (Å²) in [5.41, 5.74) is -0.364. The molecule has 18 heteroatoms. The number of fused-ring (bicyclic) bond motifs is 3. The number of amides is 1. The molecular weight excluding hydrogens is 959 g/mol. The predicted molar refractivity (Wildman–Crippen MR) is 271 cm³/mol. The number of aliphatic hydroxyl groups excluding tert-OH is 3. The lowest BCUT2D eigenvalue weighted by Gasteiger charge is -2.43. The first-order valence-corrected chi connectivity index (χ1v) is 26.6. The fraction of sp³-hybridized carbons (Fsp3) is 0.750. The van der Waals surface area contributed by atoms with Gasteiger partial charge in [0.05, 0.1) is 31.5 Å². The van der Waals surface area contributed by atoms with Gasteiger partial charge in [0.15, 0.2) is 5.78 Å². The van der Waals surface area contributed by atoms with E-state index in [0.717, 1.165) is 5.57 Å². The first-order chi connectivity index (χ1) is 34.8. The van der Waals surface area contributed by atoms with E-state index in [2.05, 4.69) is 0 Å². The molecule has 1 amide bonds. The average molecular weight is 1050 g/mol. The van der Waals surface area contributed by atoms with Crippen molar-refractivity contribution in [2.45, 2.75) is 187 Å². The van der Waals surface area contributed by atoms with Gasteiger partial charge in [-0.1, -0.05) is 71.1 Å². The van der Waals surface area contributed by atoms with Crippen molar-refractivity contribution >= 4 is 35.2 Å². The number of quaternary nitrogens is 1. The van der Waals surface area contributed by atoms with Gasteiger partial charge in [-0.3, -0.25) is 19.2 Å². The van der Waals surface area contributed by atoms with Crippen LogP contribution in [0.15, 0.2) is 47.6 Å². The second-order valence-electron chi connectivity index (χ2n) is 22.2. The van der Waals surface area contributed by atoms with Crippen molar-refractivity contribution in [3.8, 4) is 0 Å². The molecule has 2 bridgehead atoms. The van der Waals surface area contributed by atoms with Crippen molar-refractivity contribution in [2.24, 2.45) is 40.9 Å². The molecule has 74 heavy (non-hydrogen) atoms. The first kappa shape index (κ1) is 62.7. The van der Waals surface area contributed by atoms with Crippen LogP contribution in [-0.4, -0.2) is 161 Å². The van der Waals surface area contributed by atoms with Crippen LogP contribution in [0.1, 0.15) is 132 Å². The summed E-state index contributed by atoms with van der Waals surface area (Å²) >= 11 is 0. The molecule has 3 aliphatic heterocycles. The second-order valence-corrected chi connectivity index (χ2v) is 22.2. The Labute approximate surface area is 438 Å². The number of ketones is 3. The molecule has 418 valence electrons. The topological polar surface area (TPSA) is 259 Å². The zero-order valence-electron chi connectivity index (χ0n) is 45.7. The van der Waals surface area contributed by atoms with Crippen LogP contribution in [0.4, 0.5) is 0 Å². The maximum atomic E-state index is 14.6. The van der Waals surface area contributed by atoms with Crippen molar-refractivity contribution < 1.29 is 87.5 Å². The molecular formula is C56H88NO17+. The minimum absolute atomic E-state index is 0.0230. The normalized spacial score (nSPS) is 39.1. The minimum atomic E-state index is -2.63. The zero-order valence-corrected chi connectivity index (χ0v) is 45.7. The Balaban J connectivity index is 1.72. The number of hydrogen-bond donors (Lipinski definition) is 5. The van der Waals surface area contributed by atoms with Crippen LogP contribution in [0.3, 0.4) is 0 Å². The highest BCUT2D eigenvalue weighted by atomic mass is 16.6. The number of carbonyl (C=O) groups is 6. The summed E-state index contributed by atoms with van der Waals surface area (Å²) in [4.78, 5) is 84.5. The van der Waals surface area contributed by atoms with Gasteiger partial charge in [0, 0.05) is 64.8 Å². The van der Waals surface area contributed by atoms with Crippen LogP contribution < -0.4 is 0 Å². The van der Waals surface area contributed by atoms with Gasteiger partial charge in [-0.05, 0) is 101 Å². The maximum absolute atomic E-state index is 14.6. The molecule has 0 spiro atoms. The Bertz CT molecular complexity index is 2060. The average Bonchev–Trinajstić information content (AvgIpc) is 3.37. The quantitative estimate of drug-likeness (QED) is 0.0584. The molecule has 1 saturated carbocycles. The number of carbonyl (C=O) groups excluding carboxylic acids is 6. The van der Waals surface area contributed by atoms with Crippen LogP contribution in [0, 0.1) is 40.9 Å². The smallest absolute Gasteiger partial charge is 0.420 e. The summed E-state index contributed by atoms with van der Waals surface area (Å²) in [6.07, 6.45) is 8.21. The van der Waals surface area contributed by atoms with Gasteiger partial charge in [-0.15, -0.1) is 4.65 Å². The molecule has 3 fully saturated rings. The molecule has 5 N–H and O–H groups in total. The Morgan fingerprint density at radius 3 is 2.19 bits per heavy atom. The molecule has 0 aromatic rings. The van der Waals surface area contributed by atoms with Crippen molar-refractivity contribution in [3.05, 3.63) is 47.6 Å². The van der Waals surface area contributed by atoms with Crippen LogP contribution in [0.5, 0.6) is 0 Å². The Morgan fingerprint density at radius 1 is 0.865 bits per heavy atom. The van der Waals surface area contributed by atoms with Crippen molar-refractivity contribution in [3.63, 3.8) is 0 Å². The van der Waals surface area contributed by atoms with Gasteiger partial charge in [0.2, 0.25) is 11.8 Å². The van der Waals surface area contributed by atoms with Crippen LogP contribution in [0.25, 0.3) is 0 Å². The number of aliphatic hydroxyl groups is 4. The third kappa shape index (κ3) is 15.4. The van der Waals surface area contributed by atoms with E-state index in [0.29, 0.717) is 56.9 Å². The van der Waals surface area contributed by atoms with Crippen LogP contribution in [0.2, 0.25) is 0 Å². The summed E-state index contributed by atoms with van der Waals surface area (Å²) in [6.45, 7) is 12.1. The molecule has 18 nitrogen and oxygen atoms in total. The highest BCUT2D eigenvalue weighted by molar-refractivity contribution is 6.36. The number of rotatable bonds is 10. The Hall–Kier alpha value is -3.82. The van der Waals surface area contributed by atoms with E-state index >= 15 is 0 Å². The van der Waals surface area contributed by atoms with E-state index in [4.69, 9.17) is 28.4 Å². The summed E-state index contributed by atoms with van der Waals surface area (Å²) in [7, 11) is 4.37. The molecule has 3 heterocycles. The number of piperidine rings is 1. The summed E-state index contributed by atoms with van der Waals surface area (Å²) < 4.78 is 33.6. The van der Waals surface area contributed by atoms with Crippen LogP contribution in [-0.2, 0) is 57.2 Å². The number of cyclic esters (lactones) is 1. The molecule has 0 aromatic carbocycles. The number of allylic oxidation sites excluding steroid dienone is 6. The number of hydroxylamine groups is 3. The lowest BCUT2D eigenvalue weighted by atomic mass is 9.78. The molecule has 4 rings (SSSR count). The van der Waals surface area contributed by atoms with Crippen molar-refractivity contribution in [1.29, 1.82) is 0 Å².